The normalized spacial score (nSPS) is 9.19. The smallest absolute Gasteiger partial charge is 0.217 e. The van der Waals surface area contributed by atoms with Crippen LogP contribution in [0.5, 0.6) is 0 Å². The van der Waals surface area contributed by atoms with Crippen LogP contribution < -0.4 is 5.32 Å². The van der Waals surface area contributed by atoms with Crippen molar-refractivity contribution in [2.45, 2.75) is 13.5 Å². The van der Waals surface area contributed by atoms with E-state index in [2.05, 4.69) is 17.2 Å². The van der Waals surface area contributed by atoms with E-state index in [1.807, 2.05) is 0 Å². The van der Waals surface area contributed by atoms with Gasteiger partial charge >= 0.3 is 0 Å². The second kappa shape index (κ2) is 5.89. The first-order valence-corrected chi connectivity index (χ1v) is 4.76. The highest BCUT2D eigenvalue weighted by Gasteiger charge is 2.00. The van der Waals surface area contributed by atoms with Crippen molar-refractivity contribution < 1.29 is 14.3 Å². The SMILES string of the molecule is CC(=O)NCC#Cc1ccc(CO)c(F)c1. The molecule has 0 atom stereocenters. The summed E-state index contributed by atoms with van der Waals surface area (Å²) in [5.41, 5.74) is 0.757. The summed E-state index contributed by atoms with van der Waals surface area (Å²) in [6, 6.07) is 4.36. The van der Waals surface area contributed by atoms with Gasteiger partial charge in [0.05, 0.1) is 13.2 Å². The Kier molecular flexibility index (Phi) is 4.49. The molecule has 3 nitrogen and oxygen atoms in total. The first kappa shape index (κ1) is 12.2. The second-order valence-corrected chi connectivity index (χ2v) is 3.18. The molecule has 0 fully saturated rings. The number of hydrogen-bond acceptors (Lipinski definition) is 2. The summed E-state index contributed by atoms with van der Waals surface area (Å²) in [7, 11) is 0. The van der Waals surface area contributed by atoms with Gasteiger partial charge in [0.25, 0.3) is 0 Å². The zero-order valence-electron chi connectivity index (χ0n) is 8.88. The Hall–Kier alpha value is -1.86. The van der Waals surface area contributed by atoms with Crippen LogP contribution in [0.4, 0.5) is 4.39 Å². The molecule has 4 heteroatoms. The quantitative estimate of drug-likeness (QED) is 0.726. The fourth-order valence-electron chi connectivity index (χ4n) is 1.07. The third kappa shape index (κ3) is 3.71. The van der Waals surface area contributed by atoms with Crippen molar-refractivity contribution >= 4 is 5.91 Å². The summed E-state index contributed by atoms with van der Waals surface area (Å²) in [4.78, 5) is 10.5. The summed E-state index contributed by atoms with van der Waals surface area (Å²) in [6.07, 6.45) is 0. The van der Waals surface area contributed by atoms with Crippen molar-refractivity contribution in [3.05, 3.63) is 35.1 Å². The Morgan fingerprint density at radius 3 is 2.88 bits per heavy atom. The molecule has 84 valence electrons. The standard InChI is InChI=1S/C12H12FNO2/c1-9(16)14-6-2-3-10-4-5-11(8-15)12(13)7-10/h4-5,7,15H,6,8H2,1H3,(H,14,16). The van der Waals surface area contributed by atoms with Gasteiger partial charge < -0.3 is 10.4 Å². The molecule has 0 aliphatic rings. The summed E-state index contributed by atoms with van der Waals surface area (Å²) < 4.78 is 13.2. The lowest BCUT2D eigenvalue weighted by molar-refractivity contribution is -0.118. The lowest BCUT2D eigenvalue weighted by Crippen LogP contribution is -2.19. The Bertz CT molecular complexity index is 446. The molecule has 0 aliphatic carbocycles. The van der Waals surface area contributed by atoms with Gasteiger partial charge in [-0.2, -0.15) is 0 Å². The van der Waals surface area contributed by atoms with E-state index >= 15 is 0 Å². The van der Waals surface area contributed by atoms with Gasteiger partial charge in [0.1, 0.15) is 5.82 Å². The number of carbonyl (C=O) groups excluding carboxylic acids is 1. The van der Waals surface area contributed by atoms with Crippen LogP contribution in [0.25, 0.3) is 0 Å². The fraction of sp³-hybridized carbons (Fsp3) is 0.250. The molecular weight excluding hydrogens is 209 g/mol. The molecule has 0 aliphatic heterocycles. The highest BCUT2D eigenvalue weighted by atomic mass is 19.1. The van der Waals surface area contributed by atoms with Crippen LogP contribution in [-0.2, 0) is 11.4 Å². The van der Waals surface area contributed by atoms with Crippen LogP contribution >= 0.6 is 0 Å². The summed E-state index contributed by atoms with van der Waals surface area (Å²) in [5.74, 6) is 4.76. The average molecular weight is 221 g/mol. The largest absolute Gasteiger partial charge is 0.392 e. The van der Waals surface area contributed by atoms with Gasteiger partial charge in [0.2, 0.25) is 5.91 Å². The molecule has 0 unspecified atom stereocenters. The van der Waals surface area contributed by atoms with E-state index in [9.17, 15) is 9.18 Å². The number of carbonyl (C=O) groups is 1. The maximum Gasteiger partial charge on any atom is 0.217 e. The second-order valence-electron chi connectivity index (χ2n) is 3.18. The molecule has 0 saturated heterocycles. The van der Waals surface area contributed by atoms with Gasteiger partial charge in [0, 0.05) is 18.1 Å². The lowest BCUT2D eigenvalue weighted by Gasteiger charge is -1.98. The van der Waals surface area contributed by atoms with E-state index in [0.717, 1.165) is 0 Å². The fourth-order valence-corrected chi connectivity index (χ4v) is 1.07. The summed E-state index contributed by atoms with van der Waals surface area (Å²) >= 11 is 0. The topological polar surface area (TPSA) is 49.3 Å². The molecular formula is C12H12FNO2. The van der Waals surface area contributed by atoms with Crippen molar-refractivity contribution in [3.8, 4) is 11.8 Å². The average Bonchev–Trinajstić information content (AvgIpc) is 2.24. The van der Waals surface area contributed by atoms with Gasteiger partial charge in [-0.1, -0.05) is 17.9 Å². The van der Waals surface area contributed by atoms with Crippen molar-refractivity contribution in [1.29, 1.82) is 0 Å². The van der Waals surface area contributed by atoms with Crippen molar-refractivity contribution in [2.24, 2.45) is 0 Å². The molecule has 16 heavy (non-hydrogen) atoms. The Morgan fingerprint density at radius 2 is 2.31 bits per heavy atom. The van der Waals surface area contributed by atoms with Crippen molar-refractivity contribution in [1.82, 2.24) is 5.32 Å². The highest BCUT2D eigenvalue weighted by Crippen LogP contribution is 2.09. The number of benzene rings is 1. The molecule has 1 amide bonds. The minimum atomic E-state index is -0.478. The van der Waals surface area contributed by atoms with Crippen LogP contribution in [-0.4, -0.2) is 17.6 Å². The van der Waals surface area contributed by atoms with E-state index in [1.165, 1.54) is 19.1 Å². The number of amides is 1. The minimum absolute atomic E-state index is 0.156. The summed E-state index contributed by atoms with van der Waals surface area (Å²) in [5, 5.41) is 11.3. The molecule has 0 radical (unpaired) electrons. The van der Waals surface area contributed by atoms with Crippen LogP contribution in [0.15, 0.2) is 18.2 Å². The van der Waals surface area contributed by atoms with Gasteiger partial charge in [-0.3, -0.25) is 4.79 Å². The van der Waals surface area contributed by atoms with Gasteiger partial charge in [-0.25, -0.2) is 4.39 Å². The van der Waals surface area contributed by atoms with E-state index < -0.39 is 5.82 Å². The molecule has 0 saturated carbocycles. The monoisotopic (exact) mass is 221 g/mol. The van der Waals surface area contributed by atoms with Crippen molar-refractivity contribution in [2.75, 3.05) is 6.54 Å². The molecule has 2 N–H and O–H groups in total. The lowest BCUT2D eigenvalue weighted by atomic mass is 10.1. The van der Waals surface area contributed by atoms with Crippen LogP contribution in [0.2, 0.25) is 0 Å². The highest BCUT2D eigenvalue weighted by molar-refractivity contribution is 5.73. The molecule has 1 aromatic carbocycles. The van der Waals surface area contributed by atoms with E-state index in [1.54, 1.807) is 6.07 Å². The maximum atomic E-state index is 13.2. The van der Waals surface area contributed by atoms with Crippen molar-refractivity contribution in [3.63, 3.8) is 0 Å². The van der Waals surface area contributed by atoms with E-state index in [-0.39, 0.29) is 24.6 Å². The van der Waals surface area contributed by atoms with Gasteiger partial charge in [-0.15, -0.1) is 0 Å². The van der Waals surface area contributed by atoms with Gasteiger partial charge in [0.15, 0.2) is 0 Å². The van der Waals surface area contributed by atoms with Crippen LogP contribution in [0.3, 0.4) is 0 Å². The van der Waals surface area contributed by atoms with Crippen LogP contribution in [0, 0.1) is 17.7 Å². The third-order valence-electron chi connectivity index (χ3n) is 1.88. The zero-order valence-corrected chi connectivity index (χ0v) is 8.88. The number of nitrogens with one attached hydrogen (secondary N) is 1. The molecule has 1 rings (SSSR count). The van der Waals surface area contributed by atoms with Gasteiger partial charge in [-0.05, 0) is 12.1 Å². The number of aliphatic hydroxyl groups is 1. The molecule has 0 heterocycles. The number of hydrogen-bond donors (Lipinski definition) is 2. The Balaban J connectivity index is 2.67. The maximum absolute atomic E-state index is 13.2. The number of halogens is 1. The molecule has 0 bridgehead atoms. The third-order valence-corrected chi connectivity index (χ3v) is 1.88. The Morgan fingerprint density at radius 1 is 1.56 bits per heavy atom. The first-order chi connectivity index (χ1) is 7.63. The van der Waals surface area contributed by atoms with E-state index in [4.69, 9.17) is 5.11 Å². The summed E-state index contributed by atoms with van der Waals surface area (Å²) in [6.45, 7) is 1.31. The molecule has 0 spiro atoms. The Labute approximate surface area is 93.3 Å². The predicted octanol–water partition coefficient (Wildman–Crippen LogP) is 0.806. The molecule has 1 aromatic rings. The minimum Gasteiger partial charge on any atom is -0.392 e. The molecule has 0 aromatic heterocycles. The number of rotatable bonds is 2. The van der Waals surface area contributed by atoms with E-state index in [0.29, 0.717) is 5.56 Å². The predicted molar refractivity (Wildman–Crippen MR) is 57.9 cm³/mol. The number of aliphatic hydroxyl groups excluding tert-OH is 1. The van der Waals surface area contributed by atoms with Crippen LogP contribution in [0.1, 0.15) is 18.1 Å². The first-order valence-electron chi connectivity index (χ1n) is 4.76. The zero-order chi connectivity index (χ0) is 12.0.